The fourth-order valence-corrected chi connectivity index (χ4v) is 2.26. The molecule has 0 bridgehead atoms. The molecule has 20 heavy (non-hydrogen) atoms. The van der Waals surface area contributed by atoms with Gasteiger partial charge in [-0.1, -0.05) is 19.1 Å². The molecule has 1 heterocycles. The first-order valence-corrected chi connectivity index (χ1v) is 6.14. The van der Waals surface area contributed by atoms with E-state index in [-0.39, 0.29) is 11.1 Å². The van der Waals surface area contributed by atoms with E-state index in [1.165, 1.54) is 12.1 Å². The van der Waals surface area contributed by atoms with Crippen molar-refractivity contribution in [1.29, 1.82) is 0 Å². The maximum atomic E-state index is 13.2. The molecule has 1 aliphatic rings. The van der Waals surface area contributed by atoms with E-state index in [2.05, 4.69) is 4.74 Å². The first-order valence-electron chi connectivity index (χ1n) is 6.14. The summed E-state index contributed by atoms with van der Waals surface area (Å²) in [6.07, 6.45) is -4.95. The van der Waals surface area contributed by atoms with Crippen LogP contribution in [0.5, 0.6) is 0 Å². The van der Waals surface area contributed by atoms with Crippen LogP contribution in [-0.4, -0.2) is 23.5 Å². The fourth-order valence-electron chi connectivity index (χ4n) is 2.26. The molecule has 0 fully saturated rings. The van der Waals surface area contributed by atoms with E-state index in [1.54, 1.807) is 6.07 Å². The fraction of sp³-hybridized carbons (Fsp3) is 0.429. The van der Waals surface area contributed by atoms with Crippen LogP contribution in [-0.2, 0) is 22.4 Å². The standard InChI is InChI=1S/C14H13F3O3/c1-3-9-4-5-10-7-13(8(2)18,14(15,16)17)20-12(19)11(10)6-9/h4-6H,3,7H2,1-2H3. The Morgan fingerprint density at radius 2 is 2.05 bits per heavy atom. The quantitative estimate of drug-likeness (QED) is 0.785. The van der Waals surface area contributed by atoms with Gasteiger partial charge in [0.1, 0.15) is 0 Å². The number of rotatable bonds is 2. The van der Waals surface area contributed by atoms with Crippen LogP contribution in [0.1, 0.15) is 35.3 Å². The SMILES string of the molecule is CCc1ccc2c(c1)C(=O)OC(C(C)=O)(C(F)(F)F)C2. The normalized spacial score (nSPS) is 22.1. The maximum absolute atomic E-state index is 13.2. The lowest BCUT2D eigenvalue weighted by Crippen LogP contribution is -2.58. The smallest absolute Gasteiger partial charge is 0.436 e. The summed E-state index contributed by atoms with van der Waals surface area (Å²) >= 11 is 0. The van der Waals surface area contributed by atoms with Gasteiger partial charge in [-0.25, -0.2) is 4.79 Å². The van der Waals surface area contributed by atoms with Crippen LogP contribution in [0.15, 0.2) is 18.2 Å². The van der Waals surface area contributed by atoms with Gasteiger partial charge in [-0.05, 0) is 30.5 Å². The van der Waals surface area contributed by atoms with Crippen molar-refractivity contribution in [2.24, 2.45) is 0 Å². The molecule has 1 atom stereocenters. The van der Waals surface area contributed by atoms with Gasteiger partial charge in [0.25, 0.3) is 5.60 Å². The number of alkyl halides is 3. The Morgan fingerprint density at radius 1 is 1.40 bits per heavy atom. The molecule has 108 valence electrons. The Labute approximate surface area is 113 Å². The maximum Gasteiger partial charge on any atom is 0.436 e. The second-order valence-corrected chi connectivity index (χ2v) is 4.79. The molecule has 1 aliphatic heterocycles. The average Bonchev–Trinajstić information content (AvgIpc) is 2.36. The lowest BCUT2D eigenvalue weighted by atomic mass is 9.84. The molecule has 0 amide bonds. The van der Waals surface area contributed by atoms with E-state index in [1.807, 2.05) is 6.92 Å². The van der Waals surface area contributed by atoms with Crippen molar-refractivity contribution in [2.45, 2.75) is 38.5 Å². The number of fused-ring (bicyclic) bond motifs is 1. The largest absolute Gasteiger partial charge is 0.437 e. The average molecular weight is 286 g/mol. The molecule has 1 aromatic rings. The monoisotopic (exact) mass is 286 g/mol. The second-order valence-electron chi connectivity index (χ2n) is 4.79. The van der Waals surface area contributed by atoms with Gasteiger partial charge in [0.05, 0.1) is 5.56 Å². The van der Waals surface area contributed by atoms with Gasteiger partial charge in [0.15, 0.2) is 5.78 Å². The van der Waals surface area contributed by atoms with Crippen molar-refractivity contribution in [1.82, 2.24) is 0 Å². The van der Waals surface area contributed by atoms with Crippen LogP contribution in [0.25, 0.3) is 0 Å². The van der Waals surface area contributed by atoms with E-state index in [0.717, 1.165) is 12.5 Å². The summed E-state index contributed by atoms with van der Waals surface area (Å²) in [5, 5.41) is 0. The minimum Gasteiger partial charge on any atom is -0.437 e. The van der Waals surface area contributed by atoms with Crippen molar-refractivity contribution >= 4 is 11.8 Å². The number of cyclic esters (lactones) is 1. The van der Waals surface area contributed by atoms with E-state index < -0.39 is 30.0 Å². The predicted molar refractivity (Wildman–Crippen MR) is 64.4 cm³/mol. The van der Waals surface area contributed by atoms with Crippen LogP contribution >= 0.6 is 0 Å². The number of carbonyl (C=O) groups is 2. The molecule has 0 spiro atoms. The van der Waals surface area contributed by atoms with Crippen LogP contribution in [0.2, 0.25) is 0 Å². The summed E-state index contributed by atoms with van der Waals surface area (Å²) in [6, 6.07) is 4.62. The first-order chi connectivity index (χ1) is 9.21. The Morgan fingerprint density at radius 3 is 2.55 bits per heavy atom. The van der Waals surface area contributed by atoms with Crippen molar-refractivity contribution in [3.8, 4) is 0 Å². The summed E-state index contributed by atoms with van der Waals surface area (Å²) in [6.45, 7) is 2.65. The number of benzene rings is 1. The molecular weight excluding hydrogens is 273 g/mol. The molecular formula is C14H13F3O3. The number of carbonyl (C=O) groups excluding carboxylic acids is 2. The van der Waals surface area contributed by atoms with E-state index >= 15 is 0 Å². The predicted octanol–water partition coefficient (Wildman–Crippen LogP) is 2.85. The number of Topliss-reactive ketones (excluding diaryl/α,β-unsaturated/α-hetero) is 1. The van der Waals surface area contributed by atoms with Crippen LogP contribution in [0.4, 0.5) is 13.2 Å². The van der Waals surface area contributed by atoms with Crippen molar-refractivity contribution in [2.75, 3.05) is 0 Å². The number of halogens is 3. The van der Waals surface area contributed by atoms with Gasteiger partial charge >= 0.3 is 12.1 Å². The van der Waals surface area contributed by atoms with Gasteiger partial charge in [0, 0.05) is 6.42 Å². The highest BCUT2D eigenvalue weighted by atomic mass is 19.4. The number of ketones is 1. The van der Waals surface area contributed by atoms with E-state index in [4.69, 9.17) is 0 Å². The Hall–Kier alpha value is -1.85. The van der Waals surface area contributed by atoms with E-state index in [9.17, 15) is 22.8 Å². The van der Waals surface area contributed by atoms with Gasteiger partial charge in [-0.3, -0.25) is 4.79 Å². The molecule has 2 rings (SSSR count). The Kier molecular flexibility index (Phi) is 3.36. The van der Waals surface area contributed by atoms with E-state index in [0.29, 0.717) is 6.42 Å². The highest BCUT2D eigenvalue weighted by Crippen LogP contribution is 2.41. The number of esters is 1. The van der Waals surface area contributed by atoms with Crippen molar-refractivity contribution < 1.29 is 27.5 Å². The summed E-state index contributed by atoms with van der Waals surface area (Å²) < 4.78 is 44.0. The van der Waals surface area contributed by atoms with Crippen LogP contribution < -0.4 is 0 Å². The Balaban J connectivity index is 2.55. The zero-order valence-electron chi connectivity index (χ0n) is 11.0. The topological polar surface area (TPSA) is 43.4 Å². The highest BCUT2D eigenvalue weighted by molar-refractivity contribution is 5.98. The zero-order chi connectivity index (χ0) is 15.1. The third-order valence-electron chi connectivity index (χ3n) is 3.54. The number of ether oxygens (including phenoxy) is 1. The minimum atomic E-state index is -4.93. The molecule has 0 radical (unpaired) electrons. The lowest BCUT2D eigenvalue weighted by Gasteiger charge is -2.36. The Bertz CT molecular complexity index is 578. The van der Waals surface area contributed by atoms with Crippen molar-refractivity contribution in [3.63, 3.8) is 0 Å². The second kappa shape index (κ2) is 4.61. The lowest BCUT2D eigenvalue weighted by molar-refractivity contribution is -0.250. The van der Waals surface area contributed by atoms with Gasteiger partial charge in [0.2, 0.25) is 0 Å². The molecule has 3 nitrogen and oxygen atoms in total. The molecule has 1 aromatic carbocycles. The van der Waals surface area contributed by atoms with Gasteiger partial charge in [-0.15, -0.1) is 0 Å². The molecule has 0 aliphatic carbocycles. The van der Waals surface area contributed by atoms with Crippen molar-refractivity contribution in [3.05, 3.63) is 34.9 Å². The summed E-state index contributed by atoms with van der Waals surface area (Å²) in [4.78, 5) is 23.3. The summed E-state index contributed by atoms with van der Waals surface area (Å²) in [7, 11) is 0. The molecule has 0 saturated carbocycles. The van der Waals surface area contributed by atoms with Gasteiger partial charge < -0.3 is 4.74 Å². The molecule has 0 saturated heterocycles. The van der Waals surface area contributed by atoms with Gasteiger partial charge in [-0.2, -0.15) is 13.2 Å². The number of aryl methyl sites for hydroxylation is 1. The third kappa shape index (κ3) is 2.09. The number of hydrogen-bond donors (Lipinski definition) is 0. The molecule has 6 heteroatoms. The van der Waals surface area contributed by atoms with Crippen LogP contribution in [0, 0.1) is 0 Å². The zero-order valence-corrected chi connectivity index (χ0v) is 11.0. The summed E-state index contributed by atoms with van der Waals surface area (Å²) in [5.41, 5.74) is -1.95. The first kappa shape index (κ1) is 14.6. The highest BCUT2D eigenvalue weighted by Gasteiger charge is 2.63. The molecule has 0 aromatic heterocycles. The third-order valence-corrected chi connectivity index (χ3v) is 3.54. The summed E-state index contributed by atoms with van der Waals surface area (Å²) in [5.74, 6) is -2.32. The minimum absolute atomic E-state index is 0.102. The molecule has 1 unspecified atom stereocenters. The molecule has 0 N–H and O–H groups in total. The van der Waals surface area contributed by atoms with Crippen LogP contribution in [0.3, 0.4) is 0 Å². The number of hydrogen-bond acceptors (Lipinski definition) is 3.